The van der Waals surface area contributed by atoms with Crippen molar-refractivity contribution in [2.45, 2.75) is 19.9 Å². The monoisotopic (exact) mass is 262 g/mol. The molecule has 0 saturated carbocycles. The summed E-state index contributed by atoms with van der Waals surface area (Å²) in [6.07, 6.45) is 4.64. The molecule has 2 heterocycles. The number of carboxylic acids is 1. The van der Waals surface area contributed by atoms with Gasteiger partial charge in [0.15, 0.2) is 5.65 Å². The van der Waals surface area contributed by atoms with Crippen LogP contribution in [-0.4, -0.2) is 49.1 Å². The number of hydrogen-bond donors (Lipinski definition) is 1. The average Bonchev–Trinajstić information content (AvgIpc) is 2.78. The van der Waals surface area contributed by atoms with E-state index in [1.54, 1.807) is 32.3 Å². The maximum absolute atomic E-state index is 12.4. The predicted molar refractivity (Wildman–Crippen MR) is 66.8 cm³/mol. The Morgan fingerprint density at radius 3 is 2.84 bits per heavy atom. The van der Waals surface area contributed by atoms with Gasteiger partial charge in [-0.1, -0.05) is 0 Å². The highest BCUT2D eigenvalue weighted by Crippen LogP contribution is 2.12. The summed E-state index contributed by atoms with van der Waals surface area (Å²) in [5.74, 6) is -1.43. The quantitative estimate of drug-likeness (QED) is 0.874. The highest BCUT2D eigenvalue weighted by atomic mass is 16.4. The summed E-state index contributed by atoms with van der Waals surface area (Å²) in [6, 6.07) is 1.48. The van der Waals surface area contributed by atoms with E-state index in [0.717, 1.165) is 0 Å². The Morgan fingerprint density at radius 1 is 1.47 bits per heavy atom. The Bertz CT molecular complexity index is 620. The maximum Gasteiger partial charge on any atom is 0.323 e. The van der Waals surface area contributed by atoms with E-state index in [2.05, 4.69) is 10.1 Å². The Kier molecular flexibility index (Phi) is 3.46. The first-order valence-corrected chi connectivity index (χ1v) is 5.82. The summed E-state index contributed by atoms with van der Waals surface area (Å²) in [7, 11) is 0. The number of carbonyl (C=O) groups is 2. The number of fused-ring (bicyclic) bond motifs is 1. The minimum Gasteiger partial charge on any atom is -0.480 e. The van der Waals surface area contributed by atoms with Gasteiger partial charge in [-0.2, -0.15) is 5.10 Å². The molecule has 0 aromatic carbocycles. The lowest BCUT2D eigenvalue weighted by atomic mass is 10.2. The lowest BCUT2D eigenvalue weighted by Crippen LogP contribution is -2.40. The van der Waals surface area contributed by atoms with Gasteiger partial charge >= 0.3 is 5.97 Å². The molecule has 0 aliphatic carbocycles. The van der Waals surface area contributed by atoms with E-state index in [0.29, 0.717) is 11.2 Å². The lowest BCUT2D eigenvalue weighted by molar-refractivity contribution is -0.138. The minimum absolute atomic E-state index is 0.220. The van der Waals surface area contributed by atoms with E-state index in [4.69, 9.17) is 5.11 Å². The van der Waals surface area contributed by atoms with E-state index < -0.39 is 5.97 Å². The fraction of sp³-hybridized carbons (Fsp3) is 0.333. The zero-order valence-corrected chi connectivity index (χ0v) is 10.6. The molecule has 0 unspecified atom stereocenters. The van der Waals surface area contributed by atoms with Crippen molar-refractivity contribution in [2.75, 3.05) is 6.54 Å². The van der Waals surface area contributed by atoms with Gasteiger partial charge in [0.1, 0.15) is 12.1 Å². The molecule has 0 saturated heterocycles. The number of rotatable bonds is 4. The van der Waals surface area contributed by atoms with Gasteiger partial charge in [-0.15, -0.1) is 0 Å². The molecular formula is C12H14N4O3. The van der Waals surface area contributed by atoms with Crippen molar-refractivity contribution in [3.8, 4) is 0 Å². The topological polar surface area (TPSA) is 87.8 Å². The second-order valence-corrected chi connectivity index (χ2v) is 4.37. The molecule has 0 bridgehead atoms. The molecule has 19 heavy (non-hydrogen) atoms. The van der Waals surface area contributed by atoms with Gasteiger partial charge in [-0.3, -0.25) is 9.59 Å². The summed E-state index contributed by atoms with van der Waals surface area (Å²) < 4.78 is 1.48. The van der Waals surface area contributed by atoms with Crippen LogP contribution >= 0.6 is 0 Å². The summed E-state index contributed by atoms with van der Waals surface area (Å²) in [4.78, 5) is 28.5. The summed E-state index contributed by atoms with van der Waals surface area (Å²) in [6.45, 7) is 3.18. The number of aromatic nitrogens is 3. The van der Waals surface area contributed by atoms with E-state index >= 15 is 0 Å². The Labute approximate surface area is 109 Å². The molecule has 0 spiro atoms. The Hall–Kier alpha value is -2.44. The van der Waals surface area contributed by atoms with Gasteiger partial charge in [0.25, 0.3) is 5.91 Å². The first kappa shape index (κ1) is 13.0. The normalized spacial score (nSPS) is 10.9. The number of aliphatic carboxylic acids is 1. The SMILES string of the molecule is CC(C)N(CC(=O)O)C(=O)c1cnn2cccnc12. The predicted octanol–water partition coefficient (Wildman–Crippen LogP) is 0.664. The molecular weight excluding hydrogens is 248 g/mol. The molecule has 0 atom stereocenters. The third-order valence-corrected chi connectivity index (χ3v) is 2.70. The molecule has 100 valence electrons. The van der Waals surface area contributed by atoms with E-state index in [-0.39, 0.29) is 18.5 Å². The van der Waals surface area contributed by atoms with E-state index in [1.807, 2.05) is 0 Å². The molecule has 7 nitrogen and oxygen atoms in total. The molecule has 2 aromatic heterocycles. The average molecular weight is 262 g/mol. The molecule has 2 rings (SSSR count). The van der Waals surface area contributed by atoms with Crippen molar-refractivity contribution in [1.29, 1.82) is 0 Å². The van der Waals surface area contributed by atoms with Crippen LogP contribution in [0.15, 0.2) is 24.7 Å². The van der Waals surface area contributed by atoms with Crippen LogP contribution < -0.4 is 0 Å². The summed E-state index contributed by atoms with van der Waals surface area (Å²) in [5.41, 5.74) is 0.721. The van der Waals surface area contributed by atoms with Gasteiger partial charge in [0, 0.05) is 18.4 Å². The highest BCUT2D eigenvalue weighted by Gasteiger charge is 2.24. The summed E-state index contributed by atoms with van der Waals surface area (Å²) >= 11 is 0. The molecule has 1 N–H and O–H groups in total. The third kappa shape index (κ3) is 2.54. The number of hydrogen-bond acceptors (Lipinski definition) is 4. The molecule has 0 aliphatic rings. The van der Waals surface area contributed by atoms with E-state index in [1.165, 1.54) is 15.6 Å². The van der Waals surface area contributed by atoms with Crippen molar-refractivity contribution in [3.05, 3.63) is 30.2 Å². The summed E-state index contributed by atoms with van der Waals surface area (Å²) in [5, 5.41) is 12.9. The van der Waals surface area contributed by atoms with Gasteiger partial charge < -0.3 is 10.0 Å². The minimum atomic E-state index is -1.05. The van der Waals surface area contributed by atoms with Gasteiger partial charge in [-0.25, -0.2) is 9.50 Å². The van der Waals surface area contributed by atoms with Crippen LogP contribution in [0.3, 0.4) is 0 Å². The molecule has 0 fully saturated rings. The van der Waals surface area contributed by atoms with Gasteiger partial charge in [0.05, 0.1) is 6.20 Å². The molecule has 2 aromatic rings. The highest BCUT2D eigenvalue weighted by molar-refractivity contribution is 6.00. The fourth-order valence-electron chi connectivity index (χ4n) is 1.77. The van der Waals surface area contributed by atoms with Gasteiger partial charge in [-0.05, 0) is 19.9 Å². The Morgan fingerprint density at radius 2 is 2.21 bits per heavy atom. The van der Waals surface area contributed by atoms with Crippen LogP contribution in [0.1, 0.15) is 24.2 Å². The molecule has 0 radical (unpaired) electrons. The zero-order chi connectivity index (χ0) is 14.0. The number of amides is 1. The first-order valence-electron chi connectivity index (χ1n) is 5.82. The number of carbonyl (C=O) groups excluding carboxylic acids is 1. The Balaban J connectivity index is 2.39. The van der Waals surface area contributed by atoms with E-state index in [9.17, 15) is 9.59 Å². The van der Waals surface area contributed by atoms with Crippen LogP contribution in [0.4, 0.5) is 0 Å². The molecule has 0 aliphatic heterocycles. The second-order valence-electron chi connectivity index (χ2n) is 4.37. The van der Waals surface area contributed by atoms with Crippen LogP contribution in [0.5, 0.6) is 0 Å². The van der Waals surface area contributed by atoms with Crippen LogP contribution in [0.2, 0.25) is 0 Å². The van der Waals surface area contributed by atoms with Crippen molar-refractivity contribution < 1.29 is 14.7 Å². The molecule has 1 amide bonds. The lowest BCUT2D eigenvalue weighted by Gasteiger charge is -2.24. The third-order valence-electron chi connectivity index (χ3n) is 2.70. The number of nitrogens with zero attached hydrogens (tertiary/aromatic N) is 4. The second kappa shape index (κ2) is 5.05. The van der Waals surface area contributed by atoms with Crippen molar-refractivity contribution in [2.24, 2.45) is 0 Å². The van der Waals surface area contributed by atoms with Crippen molar-refractivity contribution >= 4 is 17.5 Å². The molecule has 7 heteroatoms. The van der Waals surface area contributed by atoms with Crippen molar-refractivity contribution in [1.82, 2.24) is 19.5 Å². The maximum atomic E-state index is 12.4. The van der Waals surface area contributed by atoms with Crippen LogP contribution in [-0.2, 0) is 4.79 Å². The zero-order valence-electron chi connectivity index (χ0n) is 10.6. The fourth-order valence-corrected chi connectivity index (χ4v) is 1.77. The van der Waals surface area contributed by atoms with Gasteiger partial charge in [0.2, 0.25) is 0 Å². The largest absolute Gasteiger partial charge is 0.480 e. The number of carboxylic acid groups (broad SMARTS) is 1. The van der Waals surface area contributed by atoms with Crippen LogP contribution in [0, 0.1) is 0 Å². The van der Waals surface area contributed by atoms with Crippen LogP contribution in [0.25, 0.3) is 5.65 Å². The van der Waals surface area contributed by atoms with Crippen molar-refractivity contribution in [3.63, 3.8) is 0 Å². The first-order chi connectivity index (χ1) is 9.00. The standard InChI is InChI=1S/C12H14N4O3/c1-8(2)15(7-10(17)18)12(19)9-6-14-16-5-3-4-13-11(9)16/h3-6,8H,7H2,1-2H3,(H,17,18). The smallest absolute Gasteiger partial charge is 0.323 e.